The van der Waals surface area contributed by atoms with E-state index in [4.69, 9.17) is 10.2 Å². The van der Waals surface area contributed by atoms with E-state index in [1.807, 2.05) is 12.1 Å². The Kier molecular flexibility index (Phi) is 2.68. The van der Waals surface area contributed by atoms with Crippen LogP contribution >= 0.6 is 15.9 Å². The summed E-state index contributed by atoms with van der Waals surface area (Å²) in [6.07, 6.45) is 1.92. The van der Waals surface area contributed by atoms with Gasteiger partial charge in [0.05, 0.1) is 5.54 Å². The van der Waals surface area contributed by atoms with E-state index in [1.54, 1.807) is 0 Å². The minimum absolute atomic E-state index is 0.265. The molecule has 0 spiro atoms. The Bertz CT molecular complexity index is 316. The molecule has 0 radical (unpaired) electrons. The van der Waals surface area contributed by atoms with Crippen LogP contribution in [-0.2, 0) is 5.54 Å². The van der Waals surface area contributed by atoms with Gasteiger partial charge in [-0.25, -0.2) is 0 Å². The third-order valence-electron chi connectivity index (χ3n) is 2.94. The highest BCUT2D eigenvalue weighted by molar-refractivity contribution is 9.10. The molecule has 2 N–H and O–H groups in total. The van der Waals surface area contributed by atoms with Gasteiger partial charge in [-0.1, -0.05) is 0 Å². The average molecular weight is 259 g/mol. The Hall–Kier alpha value is -0.320. The Morgan fingerprint density at radius 1 is 1.43 bits per heavy atom. The topological polar surface area (TPSA) is 42.4 Å². The summed E-state index contributed by atoms with van der Waals surface area (Å²) in [5.41, 5.74) is 6.05. The van der Waals surface area contributed by atoms with Gasteiger partial charge in [0.25, 0.3) is 0 Å². The fraction of sp³-hybridized carbons (Fsp3) is 0.600. The number of piperidine rings is 1. The van der Waals surface area contributed by atoms with Crippen LogP contribution in [0.2, 0.25) is 0 Å². The summed E-state index contributed by atoms with van der Waals surface area (Å²) in [5.74, 6) is 0.900. The van der Waals surface area contributed by atoms with Gasteiger partial charge >= 0.3 is 0 Å². The average Bonchev–Trinajstić information content (AvgIpc) is 2.58. The number of furan rings is 1. The van der Waals surface area contributed by atoms with E-state index in [-0.39, 0.29) is 5.54 Å². The summed E-state index contributed by atoms with van der Waals surface area (Å²) in [4.78, 5) is 2.29. The van der Waals surface area contributed by atoms with Crippen LogP contribution in [-0.4, -0.2) is 25.0 Å². The summed E-state index contributed by atoms with van der Waals surface area (Å²) >= 11 is 3.30. The lowest BCUT2D eigenvalue weighted by molar-refractivity contribution is 0.169. The lowest BCUT2D eigenvalue weighted by atomic mass is 9.86. The van der Waals surface area contributed by atoms with Gasteiger partial charge in [-0.05, 0) is 48.0 Å². The highest BCUT2D eigenvalue weighted by Gasteiger charge is 2.33. The van der Waals surface area contributed by atoms with Crippen molar-refractivity contribution in [2.24, 2.45) is 5.73 Å². The lowest BCUT2D eigenvalue weighted by Gasteiger charge is -2.36. The Morgan fingerprint density at radius 2 is 2.07 bits per heavy atom. The molecule has 0 atom stereocenters. The lowest BCUT2D eigenvalue weighted by Crippen LogP contribution is -2.46. The first kappa shape index (κ1) is 10.2. The van der Waals surface area contributed by atoms with Crippen LogP contribution in [0.1, 0.15) is 18.6 Å². The molecule has 0 aliphatic carbocycles. The predicted octanol–water partition coefficient (Wildman–Crippen LogP) is 1.92. The van der Waals surface area contributed by atoms with Gasteiger partial charge in [0.15, 0.2) is 4.67 Å². The molecule has 0 unspecified atom stereocenters. The van der Waals surface area contributed by atoms with Crippen molar-refractivity contribution in [2.45, 2.75) is 18.4 Å². The zero-order chi connectivity index (χ0) is 10.2. The van der Waals surface area contributed by atoms with Crippen LogP contribution in [0.4, 0.5) is 0 Å². The highest BCUT2D eigenvalue weighted by Crippen LogP contribution is 2.32. The van der Waals surface area contributed by atoms with Crippen molar-refractivity contribution in [2.75, 3.05) is 20.1 Å². The van der Waals surface area contributed by atoms with Crippen LogP contribution in [0.15, 0.2) is 21.2 Å². The monoisotopic (exact) mass is 258 g/mol. The number of hydrogen-bond donors (Lipinski definition) is 1. The second kappa shape index (κ2) is 3.68. The van der Waals surface area contributed by atoms with E-state index in [9.17, 15) is 0 Å². The van der Waals surface area contributed by atoms with E-state index < -0.39 is 0 Å². The van der Waals surface area contributed by atoms with Crippen molar-refractivity contribution in [3.8, 4) is 0 Å². The number of halogens is 1. The van der Waals surface area contributed by atoms with Gasteiger partial charge < -0.3 is 15.1 Å². The zero-order valence-electron chi connectivity index (χ0n) is 8.29. The molecule has 0 amide bonds. The predicted molar refractivity (Wildman–Crippen MR) is 59.0 cm³/mol. The SMILES string of the molecule is CN1CCC(N)(c2ccc(Br)o2)CC1. The second-order valence-electron chi connectivity index (χ2n) is 4.06. The van der Waals surface area contributed by atoms with Gasteiger partial charge in [-0.3, -0.25) is 0 Å². The van der Waals surface area contributed by atoms with Crippen LogP contribution in [0.5, 0.6) is 0 Å². The largest absolute Gasteiger partial charge is 0.452 e. The fourth-order valence-corrected chi connectivity index (χ4v) is 2.15. The standard InChI is InChI=1S/C10H15BrN2O/c1-13-6-4-10(12,5-7-13)8-2-3-9(11)14-8/h2-3H,4-7,12H2,1H3. The summed E-state index contributed by atoms with van der Waals surface area (Å²) < 4.78 is 6.29. The van der Waals surface area contributed by atoms with Crippen molar-refractivity contribution in [3.63, 3.8) is 0 Å². The van der Waals surface area contributed by atoms with E-state index in [0.29, 0.717) is 0 Å². The molecule has 1 fully saturated rings. The number of rotatable bonds is 1. The molecule has 2 heterocycles. The van der Waals surface area contributed by atoms with Crippen molar-refractivity contribution in [3.05, 3.63) is 22.6 Å². The van der Waals surface area contributed by atoms with Crippen LogP contribution in [0.3, 0.4) is 0 Å². The minimum atomic E-state index is -0.265. The normalized spacial score (nSPS) is 22.5. The van der Waals surface area contributed by atoms with Gasteiger partial charge in [0.2, 0.25) is 0 Å². The van der Waals surface area contributed by atoms with Crippen LogP contribution < -0.4 is 5.73 Å². The van der Waals surface area contributed by atoms with Gasteiger partial charge in [0.1, 0.15) is 5.76 Å². The minimum Gasteiger partial charge on any atom is -0.452 e. The summed E-state index contributed by atoms with van der Waals surface area (Å²) in [6.45, 7) is 2.07. The smallest absolute Gasteiger partial charge is 0.169 e. The number of nitrogens with zero attached hydrogens (tertiary/aromatic N) is 1. The molecule has 3 nitrogen and oxygen atoms in total. The molecule has 1 aromatic heterocycles. The molecule has 2 rings (SSSR count). The molecule has 1 aliphatic rings. The summed E-state index contributed by atoms with van der Waals surface area (Å²) in [7, 11) is 2.12. The second-order valence-corrected chi connectivity index (χ2v) is 4.84. The molecule has 78 valence electrons. The zero-order valence-corrected chi connectivity index (χ0v) is 9.88. The van der Waals surface area contributed by atoms with Crippen molar-refractivity contribution >= 4 is 15.9 Å². The molecule has 1 aromatic rings. The Labute approximate surface area is 92.4 Å². The number of likely N-dealkylation sites (tertiary alicyclic amines) is 1. The van der Waals surface area contributed by atoms with E-state index in [1.165, 1.54) is 0 Å². The van der Waals surface area contributed by atoms with E-state index >= 15 is 0 Å². The maximum atomic E-state index is 6.31. The first-order valence-corrected chi connectivity index (χ1v) is 5.63. The van der Waals surface area contributed by atoms with Crippen molar-refractivity contribution < 1.29 is 4.42 Å². The fourth-order valence-electron chi connectivity index (χ4n) is 1.85. The molecule has 0 bridgehead atoms. The molecule has 0 aromatic carbocycles. The molecule has 1 saturated heterocycles. The third kappa shape index (κ3) is 1.87. The Balaban J connectivity index is 2.16. The quantitative estimate of drug-likeness (QED) is 0.837. The van der Waals surface area contributed by atoms with E-state index in [2.05, 4.69) is 27.9 Å². The maximum absolute atomic E-state index is 6.31. The Morgan fingerprint density at radius 3 is 2.57 bits per heavy atom. The third-order valence-corrected chi connectivity index (χ3v) is 3.37. The van der Waals surface area contributed by atoms with Crippen molar-refractivity contribution in [1.29, 1.82) is 0 Å². The first-order valence-electron chi connectivity index (χ1n) is 4.83. The molecule has 0 saturated carbocycles. The van der Waals surface area contributed by atoms with Crippen LogP contribution in [0, 0.1) is 0 Å². The summed E-state index contributed by atoms with van der Waals surface area (Å²) in [5, 5.41) is 0. The van der Waals surface area contributed by atoms with Gasteiger partial charge in [-0.2, -0.15) is 0 Å². The number of hydrogen-bond acceptors (Lipinski definition) is 3. The van der Waals surface area contributed by atoms with Crippen molar-refractivity contribution in [1.82, 2.24) is 4.90 Å². The van der Waals surface area contributed by atoms with Gasteiger partial charge in [0, 0.05) is 13.1 Å². The molecule has 4 heteroatoms. The van der Waals surface area contributed by atoms with Gasteiger partial charge in [-0.15, -0.1) is 0 Å². The molecular weight excluding hydrogens is 244 g/mol. The van der Waals surface area contributed by atoms with Crippen LogP contribution in [0.25, 0.3) is 0 Å². The molecule has 14 heavy (non-hydrogen) atoms. The summed E-state index contributed by atoms with van der Waals surface area (Å²) in [6, 6.07) is 3.87. The van der Waals surface area contributed by atoms with E-state index in [0.717, 1.165) is 36.4 Å². The number of nitrogens with two attached hydrogens (primary N) is 1. The highest BCUT2D eigenvalue weighted by atomic mass is 79.9. The molecule has 1 aliphatic heterocycles. The maximum Gasteiger partial charge on any atom is 0.169 e. The first-order chi connectivity index (χ1) is 6.60. The molecular formula is C10H15BrN2O.